The molecule has 2 rings (SSSR count). The highest BCUT2D eigenvalue weighted by atomic mass is 16.5. The quantitative estimate of drug-likeness (QED) is 0.736. The van der Waals surface area contributed by atoms with Crippen molar-refractivity contribution in [2.24, 2.45) is 5.92 Å². The van der Waals surface area contributed by atoms with Crippen LogP contribution in [0.1, 0.15) is 39.5 Å². The van der Waals surface area contributed by atoms with Gasteiger partial charge in [0.1, 0.15) is 5.75 Å². The van der Waals surface area contributed by atoms with Gasteiger partial charge in [-0.05, 0) is 40.7 Å². The number of rotatable bonds is 8. The molecule has 0 fully saturated rings. The first-order valence-electron chi connectivity index (χ1n) is 8.16. The predicted octanol–water partition coefficient (Wildman–Crippen LogP) is 3.11. The van der Waals surface area contributed by atoms with Crippen LogP contribution in [0.25, 0.3) is 10.8 Å². The summed E-state index contributed by atoms with van der Waals surface area (Å²) >= 11 is 0. The lowest BCUT2D eigenvalue weighted by Gasteiger charge is -2.16. The molecule has 2 aromatic rings. The summed E-state index contributed by atoms with van der Waals surface area (Å²) in [4.78, 5) is 0. The van der Waals surface area contributed by atoms with Crippen LogP contribution in [-0.4, -0.2) is 23.8 Å². The molecule has 0 amide bonds. The molecule has 3 nitrogen and oxygen atoms in total. The summed E-state index contributed by atoms with van der Waals surface area (Å²) in [5, 5.41) is 20.5. The molecule has 4 heteroatoms. The first-order chi connectivity index (χ1) is 10.6. The Hall–Kier alpha value is -1.52. The molecule has 22 heavy (non-hydrogen) atoms. The molecule has 1 atom stereocenters. The molecule has 0 saturated carbocycles. The maximum Gasteiger partial charge on any atom is 0.488 e. The Morgan fingerprint density at radius 3 is 2.45 bits per heavy atom. The van der Waals surface area contributed by atoms with Crippen molar-refractivity contribution < 1.29 is 14.8 Å². The van der Waals surface area contributed by atoms with Crippen molar-refractivity contribution in [2.75, 3.05) is 6.61 Å². The van der Waals surface area contributed by atoms with E-state index in [4.69, 9.17) is 4.74 Å². The molecule has 0 aliphatic carbocycles. The van der Waals surface area contributed by atoms with Crippen LogP contribution in [-0.2, 0) is 0 Å². The minimum Gasteiger partial charge on any atom is -0.493 e. The molecule has 0 aliphatic heterocycles. The highest BCUT2D eigenvalue weighted by Gasteiger charge is 2.11. The van der Waals surface area contributed by atoms with Gasteiger partial charge < -0.3 is 14.8 Å². The third-order valence-electron chi connectivity index (χ3n) is 4.16. The summed E-state index contributed by atoms with van der Waals surface area (Å²) < 4.78 is 5.94. The van der Waals surface area contributed by atoms with Gasteiger partial charge in [0.2, 0.25) is 0 Å². The fraction of sp³-hybridized carbons (Fsp3) is 0.444. The molecule has 0 radical (unpaired) electrons. The van der Waals surface area contributed by atoms with Crippen molar-refractivity contribution in [3.05, 3.63) is 36.4 Å². The molecular formula is C18H25BO3. The van der Waals surface area contributed by atoms with E-state index in [9.17, 15) is 10.0 Å². The van der Waals surface area contributed by atoms with Crippen LogP contribution in [0, 0.1) is 5.92 Å². The number of unbranched alkanes of at least 4 members (excludes halogenated alkanes) is 1. The Balaban J connectivity index is 2.04. The fourth-order valence-electron chi connectivity index (χ4n) is 2.60. The summed E-state index contributed by atoms with van der Waals surface area (Å²) in [6.45, 7) is 5.19. The Morgan fingerprint density at radius 2 is 1.77 bits per heavy atom. The first kappa shape index (κ1) is 16.8. The lowest BCUT2D eigenvalue weighted by molar-refractivity contribution is 0.233. The minimum atomic E-state index is -1.43. The topological polar surface area (TPSA) is 49.7 Å². The molecule has 0 heterocycles. The molecule has 118 valence electrons. The van der Waals surface area contributed by atoms with Gasteiger partial charge in [0.25, 0.3) is 0 Å². The predicted molar refractivity (Wildman–Crippen MR) is 92.6 cm³/mol. The monoisotopic (exact) mass is 300 g/mol. The molecule has 1 unspecified atom stereocenters. The highest BCUT2D eigenvalue weighted by Crippen LogP contribution is 2.22. The second-order valence-electron chi connectivity index (χ2n) is 5.87. The highest BCUT2D eigenvalue weighted by molar-refractivity contribution is 6.58. The summed E-state index contributed by atoms with van der Waals surface area (Å²) in [6.07, 6.45) is 4.85. The van der Waals surface area contributed by atoms with Crippen molar-refractivity contribution in [2.45, 2.75) is 39.5 Å². The smallest absolute Gasteiger partial charge is 0.488 e. The molecule has 0 bridgehead atoms. The number of ether oxygens (including phenoxy) is 1. The van der Waals surface area contributed by atoms with Crippen LogP contribution in [0.5, 0.6) is 5.75 Å². The average molecular weight is 300 g/mol. The van der Waals surface area contributed by atoms with E-state index in [1.165, 1.54) is 19.3 Å². The summed E-state index contributed by atoms with van der Waals surface area (Å²) in [5.74, 6) is 1.49. The summed E-state index contributed by atoms with van der Waals surface area (Å²) in [7, 11) is -1.43. The average Bonchev–Trinajstić information content (AvgIpc) is 2.54. The van der Waals surface area contributed by atoms with E-state index in [-0.39, 0.29) is 0 Å². The van der Waals surface area contributed by atoms with Crippen LogP contribution in [0.4, 0.5) is 0 Å². The van der Waals surface area contributed by atoms with Crippen molar-refractivity contribution in [1.29, 1.82) is 0 Å². The van der Waals surface area contributed by atoms with Gasteiger partial charge in [0.05, 0.1) is 6.61 Å². The molecule has 0 spiro atoms. The third-order valence-corrected chi connectivity index (χ3v) is 4.16. The number of hydrogen-bond acceptors (Lipinski definition) is 3. The van der Waals surface area contributed by atoms with E-state index < -0.39 is 7.12 Å². The molecule has 0 saturated heterocycles. The Labute approximate surface area is 133 Å². The second kappa shape index (κ2) is 8.21. The Morgan fingerprint density at radius 1 is 1.05 bits per heavy atom. The molecule has 0 aliphatic rings. The van der Waals surface area contributed by atoms with Crippen molar-refractivity contribution >= 4 is 23.4 Å². The number of fused-ring (bicyclic) bond motifs is 1. The zero-order valence-electron chi connectivity index (χ0n) is 13.5. The molecular weight excluding hydrogens is 275 g/mol. The lowest BCUT2D eigenvalue weighted by Crippen LogP contribution is -2.29. The maximum absolute atomic E-state index is 9.21. The van der Waals surface area contributed by atoms with Crippen LogP contribution in [0.3, 0.4) is 0 Å². The van der Waals surface area contributed by atoms with E-state index in [1.807, 2.05) is 24.3 Å². The zero-order chi connectivity index (χ0) is 15.9. The van der Waals surface area contributed by atoms with Crippen LogP contribution in [0.2, 0.25) is 0 Å². The van der Waals surface area contributed by atoms with Gasteiger partial charge in [0, 0.05) is 0 Å². The fourth-order valence-corrected chi connectivity index (χ4v) is 2.60. The summed E-state index contributed by atoms with van der Waals surface area (Å²) in [5.41, 5.74) is 0.506. The minimum absolute atomic E-state index is 0.506. The van der Waals surface area contributed by atoms with Gasteiger partial charge in [-0.3, -0.25) is 0 Å². The van der Waals surface area contributed by atoms with E-state index in [2.05, 4.69) is 13.8 Å². The Kier molecular flexibility index (Phi) is 6.28. The number of benzene rings is 2. The van der Waals surface area contributed by atoms with Gasteiger partial charge in [-0.25, -0.2) is 0 Å². The SMILES string of the molecule is CCCCC(CC)COc1ccc2cc(B(O)O)ccc2c1. The van der Waals surface area contributed by atoms with Crippen LogP contribution < -0.4 is 10.2 Å². The van der Waals surface area contributed by atoms with E-state index in [0.29, 0.717) is 11.4 Å². The van der Waals surface area contributed by atoms with E-state index in [0.717, 1.165) is 29.5 Å². The Bertz CT molecular complexity index is 598. The standard InChI is InChI=1S/C18H25BO3/c1-3-5-6-14(4-2)13-22-18-10-8-15-11-17(19(20)21)9-7-16(15)12-18/h7-12,14,20-21H,3-6,13H2,1-2H3. The van der Waals surface area contributed by atoms with Gasteiger partial charge in [-0.2, -0.15) is 0 Å². The second-order valence-corrected chi connectivity index (χ2v) is 5.87. The van der Waals surface area contributed by atoms with Crippen LogP contribution in [0.15, 0.2) is 36.4 Å². The van der Waals surface area contributed by atoms with Crippen molar-refractivity contribution in [3.63, 3.8) is 0 Å². The van der Waals surface area contributed by atoms with Gasteiger partial charge in [-0.1, -0.05) is 57.4 Å². The van der Waals surface area contributed by atoms with Crippen molar-refractivity contribution in [1.82, 2.24) is 0 Å². The third kappa shape index (κ3) is 4.49. The maximum atomic E-state index is 9.21. The largest absolute Gasteiger partial charge is 0.493 e. The van der Waals surface area contributed by atoms with Crippen molar-refractivity contribution in [3.8, 4) is 5.75 Å². The molecule has 2 aromatic carbocycles. The number of hydrogen-bond donors (Lipinski definition) is 2. The van der Waals surface area contributed by atoms with Gasteiger partial charge in [-0.15, -0.1) is 0 Å². The van der Waals surface area contributed by atoms with Crippen LogP contribution >= 0.6 is 0 Å². The first-order valence-corrected chi connectivity index (χ1v) is 8.16. The van der Waals surface area contributed by atoms with E-state index >= 15 is 0 Å². The lowest BCUT2D eigenvalue weighted by atomic mass is 9.79. The van der Waals surface area contributed by atoms with Gasteiger partial charge >= 0.3 is 7.12 Å². The van der Waals surface area contributed by atoms with E-state index in [1.54, 1.807) is 12.1 Å². The molecule has 2 N–H and O–H groups in total. The molecule has 0 aromatic heterocycles. The normalized spacial score (nSPS) is 12.4. The van der Waals surface area contributed by atoms with Gasteiger partial charge in [0.15, 0.2) is 0 Å². The zero-order valence-corrected chi connectivity index (χ0v) is 13.5. The summed E-state index contributed by atoms with van der Waals surface area (Å²) in [6, 6.07) is 11.3.